The first-order chi connectivity index (χ1) is 10.6. The molecule has 1 unspecified atom stereocenters. The van der Waals surface area contributed by atoms with Crippen LogP contribution in [0.5, 0.6) is 0 Å². The molecule has 0 N–H and O–H groups in total. The SMILES string of the molecule is CS(=O)C1(c2cc(N3CCOCC3)nc(Cl)n2)CCOCC1. The second-order valence-corrected chi connectivity index (χ2v) is 7.57. The van der Waals surface area contributed by atoms with Crippen LogP contribution in [-0.4, -0.2) is 59.9 Å². The molecule has 0 aliphatic carbocycles. The number of morpholine rings is 1. The molecule has 122 valence electrons. The summed E-state index contributed by atoms with van der Waals surface area (Å²) >= 11 is 6.14. The molecule has 0 bridgehead atoms. The Bertz CT molecular complexity index is 560. The van der Waals surface area contributed by atoms with Crippen LogP contribution in [0.2, 0.25) is 5.28 Å². The molecule has 0 spiro atoms. The van der Waals surface area contributed by atoms with E-state index in [0.29, 0.717) is 39.3 Å². The van der Waals surface area contributed by atoms with E-state index < -0.39 is 15.5 Å². The van der Waals surface area contributed by atoms with Crippen LogP contribution in [0.15, 0.2) is 6.07 Å². The van der Waals surface area contributed by atoms with Gasteiger partial charge in [0.25, 0.3) is 0 Å². The molecule has 1 atom stereocenters. The third-order valence-corrected chi connectivity index (χ3v) is 6.22. The maximum absolute atomic E-state index is 12.4. The molecular formula is C14H20ClN3O3S. The van der Waals surface area contributed by atoms with Gasteiger partial charge >= 0.3 is 0 Å². The minimum absolute atomic E-state index is 0.204. The number of anilines is 1. The van der Waals surface area contributed by atoms with E-state index in [9.17, 15) is 4.21 Å². The Balaban J connectivity index is 1.98. The zero-order valence-corrected chi connectivity index (χ0v) is 14.2. The summed E-state index contributed by atoms with van der Waals surface area (Å²) in [6.07, 6.45) is 3.10. The average molecular weight is 346 g/mol. The van der Waals surface area contributed by atoms with Gasteiger partial charge in [0, 0.05) is 49.4 Å². The van der Waals surface area contributed by atoms with Gasteiger partial charge in [-0.05, 0) is 24.4 Å². The fraction of sp³-hybridized carbons (Fsp3) is 0.714. The lowest BCUT2D eigenvalue weighted by atomic mass is 9.94. The summed E-state index contributed by atoms with van der Waals surface area (Å²) in [6, 6.07) is 1.93. The third-order valence-electron chi connectivity index (χ3n) is 4.34. The van der Waals surface area contributed by atoms with Crippen molar-refractivity contribution >= 4 is 28.2 Å². The molecule has 22 heavy (non-hydrogen) atoms. The molecule has 8 heteroatoms. The summed E-state index contributed by atoms with van der Waals surface area (Å²) in [5.41, 5.74) is 0.762. The summed E-state index contributed by atoms with van der Waals surface area (Å²) in [4.78, 5) is 10.9. The second kappa shape index (κ2) is 6.78. The maximum Gasteiger partial charge on any atom is 0.224 e. The highest BCUT2D eigenvalue weighted by Crippen LogP contribution is 2.38. The van der Waals surface area contributed by atoms with E-state index in [1.807, 2.05) is 6.07 Å². The van der Waals surface area contributed by atoms with Crippen molar-refractivity contribution in [3.63, 3.8) is 0 Å². The summed E-state index contributed by atoms with van der Waals surface area (Å²) in [6.45, 7) is 4.09. The summed E-state index contributed by atoms with van der Waals surface area (Å²) in [5, 5.41) is 0.204. The quantitative estimate of drug-likeness (QED) is 0.770. The molecule has 2 aliphatic heterocycles. The second-order valence-electron chi connectivity index (χ2n) is 5.54. The normalized spacial score (nSPS) is 23.3. The molecule has 0 saturated carbocycles. The van der Waals surface area contributed by atoms with Crippen LogP contribution >= 0.6 is 11.6 Å². The van der Waals surface area contributed by atoms with Gasteiger partial charge in [-0.2, -0.15) is 0 Å². The molecular weight excluding hydrogens is 326 g/mol. The van der Waals surface area contributed by atoms with E-state index in [0.717, 1.165) is 24.6 Å². The lowest BCUT2D eigenvalue weighted by Crippen LogP contribution is -2.40. The summed E-state index contributed by atoms with van der Waals surface area (Å²) in [7, 11) is -1.06. The topological polar surface area (TPSA) is 64.6 Å². The van der Waals surface area contributed by atoms with Crippen LogP contribution < -0.4 is 4.90 Å². The van der Waals surface area contributed by atoms with Crippen molar-refractivity contribution in [2.75, 3.05) is 50.7 Å². The summed E-state index contributed by atoms with van der Waals surface area (Å²) < 4.78 is 22.8. The molecule has 1 aromatic rings. The molecule has 2 aliphatic rings. The van der Waals surface area contributed by atoms with Crippen molar-refractivity contribution in [3.05, 3.63) is 17.0 Å². The monoisotopic (exact) mass is 345 g/mol. The molecule has 0 amide bonds. The largest absolute Gasteiger partial charge is 0.381 e. The summed E-state index contributed by atoms with van der Waals surface area (Å²) in [5.74, 6) is 0.787. The van der Waals surface area contributed by atoms with Gasteiger partial charge in [-0.3, -0.25) is 4.21 Å². The van der Waals surface area contributed by atoms with Crippen LogP contribution in [0.1, 0.15) is 18.5 Å². The molecule has 6 nitrogen and oxygen atoms in total. The van der Waals surface area contributed by atoms with Crippen molar-refractivity contribution < 1.29 is 13.7 Å². The standard InChI is InChI=1S/C14H20ClN3O3S/c1-22(19)14(2-6-20-7-3-14)11-10-12(17-13(15)16-11)18-4-8-21-9-5-18/h10H,2-9H2,1H3. The number of hydrogen-bond acceptors (Lipinski definition) is 6. The van der Waals surface area contributed by atoms with Crippen LogP contribution in [-0.2, 0) is 25.0 Å². The van der Waals surface area contributed by atoms with Gasteiger partial charge in [-0.1, -0.05) is 0 Å². The van der Waals surface area contributed by atoms with Crippen LogP contribution in [0, 0.1) is 0 Å². The Kier molecular flexibility index (Phi) is 4.97. The first-order valence-electron chi connectivity index (χ1n) is 7.41. The molecule has 3 rings (SSSR count). The number of rotatable bonds is 3. The van der Waals surface area contributed by atoms with E-state index in [1.165, 1.54) is 0 Å². The van der Waals surface area contributed by atoms with Gasteiger partial charge in [0.1, 0.15) is 5.82 Å². The maximum atomic E-state index is 12.4. The predicted octanol–water partition coefficient (Wildman–Crippen LogP) is 1.35. The zero-order chi connectivity index (χ0) is 15.6. The Morgan fingerprint density at radius 2 is 1.82 bits per heavy atom. The lowest BCUT2D eigenvalue weighted by molar-refractivity contribution is 0.0745. The number of hydrogen-bond donors (Lipinski definition) is 0. The van der Waals surface area contributed by atoms with Gasteiger partial charge in [-0.15, -0.1) is 0 Å². The number of aromatic nitrogens is 2. The highest BCUT2D eigenvalue weighted by atomic mass is 35.5. The van der Waals surface area contributed by atoms with Gasteiger partial charge in [0.2, 0.25) is 5.28 Å². The van der Waals surface area contributed by atoms with Gasteiger partial charge in [0.05, 0.1) is 23.7 Å². The Morgan fingerprint density at radius 3 is 2.45 bits per heavy atom. The van der Waals surface area contributed by atoms with E-state index in [4.69, 9.17) is 21.1 Å². The third kappa shape index (κ3) is 3.13. The molecule has 0 radical (unpaired) electrons. The highest BCUT2D eigenvalue weighted by Gasteiger charge is 2.40. The van der Waals surface area contributed by atoms with Crippen molar-refractivity contribution in [3.8, 4) is 0 Å². The van der Waals surface area contributed by atoms with Gasteiger partial charge in [0.15, 0.2) is 0 Å². The lowest BCUT2D eigenvalue weighted by Gasteiger charge is -2.35. The van der Waals surface area contributed by atoms with Gasteiger partial charge in [-0.25, -0.2) is 9.97 Å². The smallest absolute Gasteiger partial charge is 0.224 e. The van der Waals surface area contributed by atoms with Gasteiger partial charge < -0.3 is 14.4 Å². The molecule has 2 saturated heterocycles. The van der Waals surface area contributed by atoms with E-state index in [2.05, 4.69) is 14.9 Å². The van der Waals surface area contributed by atoms with Crippen molar-refractivity contribution in [2.45, 2.75) is 17.6 Å². The minimum Gasteiger partial charge on any atom is -0.381 e. The minimum atomic E-state index is -1.06. The van der Waals surface area contributed by atoms with E-state index >= 15 is 0 Å². The van der Waals surface area contributed by atoms with E-state index in [-0.39, 0.29) is 5.28 Å². The Hall–Kier alpha value is -0.760. The molecule has 3 heterocycles. The van der Waals surface area contributed by atoms with Crippen molar-refractivity contribution in [1.82, 2.24) is 9.97 Å². The Labute approximate surface area is 137 Å². The number of halogens is 1. The molecule has 2 fully saturated rings. The fourth-order valence-electron chi connectivity index (χ4n) is 2.99. The van der Waals surface area contributed by atoms with Crippen molar-refractivity contribution in [2.24, 2.45) is 0 Å². The highest BCUT2D eigenvalue weighted by molar-refractivity contribution is 7.85. The van der Waals surface area contributed by atoms with Crippen LogP contribution in [0.4, 0.5) is 5.82 Å². The number of nitrogens with zero attached hydrogens (tertiary/aromatic N) is 3. The Morgan fingerprint density at radius 1 is 1.18 bits per heavy atom. The zero-order valence-electron chi connectivity index (χ0n) is 12.6. The van der Waals surface area contributed by atoms with Crippen molar-refractivity contribution in [1.29, 1.82) is 0 Å². The predicted molar refractivity (Wildman–Crippen MR) is 85.9 cm³/mol. The van der Waals surface area contributed by atoms with Crippen LogP contribution in [0.25, 0.3) is 0 Å². The first kappa shape index (κ1) is 16.1. The van der Waals surface area contributed by atoms with E-state index in [1.54, 1.807) is 6.26 Å². The number of ether oxygens (including phenoxy) is 2. The average Bonchev–Trinajstić information content (AvgIpc) is 2.55. The first-order valence-corrected chi connectivity index (χ1v) is 9.34. The van der Waals surface area contributed by atoms with Crippen LogP contribution in [0.3, 0.4) is 0 Å². The fourth-order valence-corrected chi connectivity index (χ4v) is 4.30. The molecule has 0 aromatic carbocycles. The molecule has 1 aromatic heterocycles.